The van der Waals surface area contributed by atoms with Crippen LogP contribution in [0.15, 0.2) is 29.3 Å². The van der Waals surface area contributed by atoms with E-state index in [4.69, 9.17) is 9.47 Å². The summed E-state index contributed by atoms with van der Waals surface area (Å²) in [4.78, 5) is 8.90. The van der Waals surface area contributed by atoms with E-state index in [0.717, 1.165) is 76.8 Å². The first-order valence-electron chi connectivity index (χ1n) is 9.96. The van der Waals surface area contributed by atoms with Crippen molar-refractivity contribution < 1.29 is 14.6 Å². The third-order valence-corrected chi connectivity index (χ3v) is 5.09. The number of halogens is 1. The van der Waals surface area contributed by atoms with Gasteiger partial charge in [0.1, 0.15) is 5.75 Å². The largest absolute Gasteiger partial charge is 0.506 e. The van der Waals surface area contributed by atoms with Crippen LogP contribution in [0, 0.1) is 0 Å². The molecule has 0 saturated carbocycles. The van der Waals surface area contributed by atoms with E-state index in [2.05, 4.69) is 20.1 Å². The minimum absolute atomic E-state index is 0. The molecule has 2 heterocycles. The van der Waals surface area contributed by atoms with Gasteiger partial charge in [0.15, 0.2) is 5.96 Å². The van der Waals surface area contributed by atoms with Gasteiger partial charge in [-0.15, -0.1) is 24.0 Å². The summed E-state index contributed by atoms with van der Waals surface area (Å²) in [5, 5.41) is 13.5. The highest BCUT2D eigenvalue weighted by atomic mass is 127. The Kier molecular flexibility index (Phi) is 10.1. The van der Waals surface area contributed by atoms with E-state index in [-0.39, 0.29) is 24.0 Å². The first-order valence-corrected chi connectivity index (χ1v) is 9.96. The summed E-state index contributed by atoms with van der Waals surface area (Å²) in [7, 11) is 1.83. The number of guanidine groups is 1. The molecule has 1 aromatic carbocycles. The minimum Gasteiger partial charge on any atom is -0.506 e. The van der Waals surface area contributed by atoms with Crippen LogP contribution >= 0.6 is 24.0 Å². The first kappa shape index (κ1) is 23.0. The molecule has 3 rings (SSSR count). The third-order valence-electron chi connectivity index (χ3n) is 5.09. The lowest BCUT2D eigenvalue weighted by Crippen LogP contribution is -2.52. The molecule has 0 spiro atoms. The fourth-order valence-corrected chi connectivity index (χ4v) is 3.59. The predicted octanol–water partition coefficient (Wildman–Crippen LogP) is 2.29. The number of hydrogen-bond donors (Lipinski definition) is 2. The van der Waals surface area contributed by atoms with E-state index in [9.17, 15) is 5.11 Å². The first-order chi connectivity index (χ1) is 13.3. The Balaban J connectivity index is 0.00000280. The molecule has 2 aliphatic heterocycles. The maximum atomic E-state index is 10.0. The van der Waals surface area contributed by atoms with Crippen LogP contribution in [0.3, 0.4) is 0 Å². The maximum absolute atomic E-state index is 10.0. The Morgan fingerprint density at radius 3 is 2.75 bits per heavy atom. The van der Waals surface area contributed by atoms with Crippen LogP contribution in [0.25, 0.3) is 0 Å². The average Bonchev–Trinajstić information content (AvgIpc) is 3.22. The number of phenolic OH excluding ortho intramolecular Hbond substituents is 1. The van der Waals surface area contributed by atoms with Crippen LogP contribution in [-0.2, 0) is 9.47 Å². The summed E-state index contributed by atoms with van der Waals surface area (Å²) >= 11 is 0. The topological polar surface area (TPSA) is 69.6 Å². The summed E-state index contributed by atoms with van der Waals surface area (Å²) in [6.45, 7) is 6.66. The Hall–Kier alpha value is -1.26. The summed E-state index contributed by atoms with van der Waals surface area (Å²) < 4.78 is 11.3. The number of nitrogens with one attached hydrogen (secondary N) is 1. The minimum atomic E-state index is 0. The van der Waals surface area contributed by atoms with Crippen LogP contribution in [0.5, 0.6) is 5.75 Å². The Bertz CT molecular complexity index is 603. The second kappa shape index (κ2) is 12.3. The van der Waals surface area contributed by atoms with Gasteiger partial charge in [-0.2, -0.15) is 0 Å². The highest BCUT2D eigenvalue weighted by Gasteiger charge is 2.21. The molecule has 2 saturated heterocycles. The number of aliphatic imine (C=N–C) groups is 1. The standard InChI is InChI=1S/C20H32N4O3.HI/c1-21-20(22-9-5-14-26-16-17-6-4-15-27-17)24-12-10-23(11-13-24)18-7-2-3-8-19(18)25;/h2-3,7-8,17,25H,4-6,9-16H2,1H3,(H,21,22);1H. The van der Waals surface area contributed by atoms with Crippen molar-refractivity contribution in [1.29, 1.82) is 0 Å². The molecule has 0 radical (unpaired) electrons. The zero-order valence-electron chi connectivity index (χ0n) is 16.7. The van der Waals surface area contributed by atoms with Gasteiger partial charge in [0.25, 0.3) is 0 Å². The van der Waals surface area contributed by atoms with Gasteiger partial charge in [-0.25, -0.2) is 0 Å². The predicted molar refractivity (Wildman–Crippen MR) is 123 cm³/mol. The molecule has 2 aliphatic rings. The molecule has 1 aromatic rings. The summed E-state index contributed by atoms with van der Waals surface area (Å²) in [6, 6.07) is 7.52. The van der Waals surface area contributed by atoms with E-state index >= 15 is 0 Å². The van der Waals surface area contributed by atoms with Crippen molar-refractivity contribution in [3.63, 3.8) is 0 Å². The maximum Gasteiger partial charge on any atom is 0.193 e. The quantitative estimate of drug-likeness (QED) is 0.257. The fourth-order valence-electron chi connectivity index (χ4n) is 3.59. The van der Waals surface area contributed by atoms with E-state index in [1.54, 1.807) is 6.07 Å². The van der Waals surface area contributed by atoms with Crippen LogP contribution in [0.2, 0.25) is 0 Å². The second-order valence-corrected chi connectivity index (χ2v) is 7.00. The van der Waals surface area contributed by atoms with Crippen molar-refractivity contribution in [2.24, 2.45) is 4.99 Å². The molecular formula is C20H33IN4O3. The van der Waals surface area contributed by atoms with Gasteiger partial charge in [-0.1, -0.05) is 12.1 Å². The van der Waals surface area contributed by atoms with Gasteiger partial charge in [-0.3, -0.25) is 4.99 Å². The highest BCUT2D eigenvalue weighted by molar-refractivity contribution is 14.0. The number of nitrogens with zero attached hydrogens (tertiary/aromatic N) is 3. The van der Waals surface area contributed by atoms with Crippen LogP contribution in [-0.4, -0.2) is 81.7 Å². The zero-order valence-corrected chi connectivity index (χ0v) is 19.0. The summed E-state index contributed by atoms with van der Waals surface area (Å²) in [6.07, 6.45) is 3.52. The van der Waals surface area contributed by atoms with Crippen LogP contribution in [0.1, 0.15) is 19.3 Å². The normalized spacial score (nSPS) is 20.2. The van der Waals surface area contributed by atoms with Crippen molar-refractivity contribution in [1.82, 2.24) is 10.2 Å². The number of aromatic hydroxyl groups is 1. The van der Waals surface area contributed by atoms with Crippen molar-refractivity contribution in [3.8, 4) is 5.75 Å². The second-order valence-electron chi connectivity index (χ2n) is 7.00. The molecule has 0 bridgehead atoms. The molecule has 8 heteroatoms. The molecular weight excluding hydrogens is 471 g/mol. The number of rotatable bonds is 7. The SMILES string of the molecule is CN=C(NCCCOCC1CCCO1)N1CCN(c2ccccc2O)CC1.I. The number of piperazine rings is 1. The van der Waals surface area contributed by atoms with Crippen molar-refractivity contribution in [2.75, 3.05) is 64.5 Å². The van der Waals surface area contributed by atoms with E-state index in [1.165, 1.54) is 0 Å². The monoisotopic (exact) mass is 504 g/mol. The number of hydrogen-bond acceptors (Lipinski definition) is 5. The lowest BCUT2D eigenvalue weighted by molar-refractivity contribution is 0.0168. The van der Waals surface area contributed by atoms with E-state index < -0.39 is 0 Å². The third kappa shape index (κ3) is 6.66. The fraction of sp³-hybridized carbons (Fsp3) is 0.650. The zero-order chi connectivity index (χ0) is 18.9. The molecule has 1 unspecified atom stereocenters. The number of ether oxygens (including phenoxy) is 2. The molecule has 2 fully saturated rings. The molecule has 7 nitrogen and oxygen atoms in total. The van der Waals surface area contributed by atoms with E-state index in [1.807, 2.05) is 25.2 Å². The number of phenols is 1. The van der Waals surface area contributed by atoms with Gasteiger partial charge < -0.3 is 29.7 Å². The lowest BCUT2D eigenvalue weighted by Gasteiger charge is -2.37. The number of para-hydroxylation sites is 2. The number of benzene rings is 1. The highest BCUT2D eigenvalue weighted by Crippen LogP contribution is 2.27. The molecule has 158 valence electrons. The summed E-state index contributed by atoms with van der Waals surface area (Å²) in [5.74, 6) is 1.28. The van der Waals surface area contributed by atoms with Crippen molar-refractivity contribution in [2.45, 2.75) is 25.4 Å². The molecule has 1 atom stereocenters. The Morgan fingerprint density at radius 2 is 2.07 bits per heavy atom. The van der Waals surface area contributed by atoms with Gasteiger partial charge in [0.2, 0.25) is 0 Å². The van der Waals surface area contributed by atoms with Gasteiger partial charge >= 0.3 is 0 Å². The number of anilines is 1. The van der Waals surface area contributed by atoms with Crippen LogP contribution in [0.4, 0.5) is 5.69 Å². The molecule has 0 amide bonds. The van der Waals surface area contributed by atoms with Gasteiger partial charge in [-0.05, 0) is 31.4 Å². The average molecular weight is 504 g/mol. The Labute approximate surface area is 185 Å². The molecule has 2 N–H and O–H groups in total. The van der Waals surface area contributed by atoms with Gasteiger partial charge in [0, 0.05) is 53.0 Å². The van der Waals surface area contributed by atoms with E-state index in [0.29, 0.717) is 18.5 Å². The Morgan fingerprint density at radius 1 is 1.29 bits per heavy atom. The molecule has 0 aliphatic carbocycles. The molecule has 0 aromatic heterocycles. The smallest absolute Gasteiger partial charge is 0.193 e. The summed E-state index contributed by atoms with van der Waals surface area (Å²) in [5.41, 5.74) is 0.906. The van der Waals surface area contributed by atoms with Crippen molar-refractivity contribution >= 4 is 35.6 Å². The van der Waals surface area contributed by atoms with Crippen molar-refractivity contribution in [3.05, 3.63) is 24.3 Å². The lowest BCUT2D eigenvalue weighted by atomic mass is 10.2. The molecule has 28 heavy (non-hydrogen) atoms. The van der Waals surface area contributed by atoms with Gasteiger partial charge in [0.05, 0.1) is 18.4 Å². The van der Waals surface area contributed by atoms with Crippen LogP contribution < -0.4 is 10.2 Å².